The zero-order valence-corrected chi connectivity index (χ0v) is 8.72. The summed E-state index contributed by atoms with van der Waals surface area (Å²) in [5.74, 6) is 0.602. The minimum Gasteiger partial charge on any atom is -0.392 e. The summed E-state index contributed by atoms with van der Waals surface area (Å²) in [7, 11) is 0. The maximum Gasteiger partial charge on any atom is 0.225 e. The summed E-state index contributed by atoms with van der Waals surface area (Å²) in [5, 5.41) is 17.3. The van der Waals surface area contributed by atoms with Crippen LogP contribution in [-0.2, 0) is 6.61 Å². The van der Waals surface area contributed by atoms with E-state index >= 15 is 0 Å². The predicted octanol–water partition coefficient (Wildman–Crippen LogP) is 0.709. The summed E-state index contributed by atoms with van der Waals surface area (Å²) in [4.78, 5) is 10.2. The maximum atomic E-state index is 8.83. The third-order valence-electron chi connectivity index (χ3n) is 2.03. The van der Waals surface area contributed by atoms with E-state index in [-0.39, 0.29) is 6.61 Å². The maximum absolute atomic E-state index is 8.83. The second-order valence-electron chi connectivity index (χ2n) is 3.04. The molecule has 1 N–H and O–H groups in total. The molecule has 0 bridgehead atoms. The lowest BCUT2D eigenvalue weighted by Crippen LogP contribution is -2.25. The molecule has 5 nitrogen and oxygen atoms in total. The summed E-state index contributed by atoms with van der Waals surface area (Å²) < 4.78 is 0. The fourth-order valence-corrected chi connectivity index (χ4v) is 1.18. The van der Waals surface area contributed by atoms with Crippen LogP contribution < -0.4 is 4.90 Å². The number of anilines is 1. The zero-order valence-electron chi connectivity index (χ0n) is 8.72. The van der Waals surface area contributed by atoms with E-state index in [1.165, 1.54) is 0 Å². The Bertz CT molecular complexity index is 330. The third kappa shape index (κ3) is 3.18. The van der Waals surface area contributed by atoms with Crippen LogP contribution in [0.2, 0.25) is 0 Å². The highest BCUT2D eigenvalue weighted by molar-refractivity contribution is 5.29. The Labute approximate surface area is 89.0 Å². The molecular weight excluding hydrogens is 192 g/mol. The van der Waals surface area contributed by atoms with Crippen molar-refractivity contribution in [2.75, 3.05) is 18.0 Å². The first kappa shape index (κ1) is 11.4. The average molecular weight is 206 g/mol. The SMILES string of the molecule is CCN(CCC#N)c1ncc(CO)cn1. The lowest BCUT2D eigenvalue weighted by molar-refractivity contribution is 0.281. The molecule has 80 valence electrons. The van der Waals surface area contributed by atoms with Crippen LogP contribution in [-0.4, -0.2) is 28.2 Å². The first-order valence-electron chi connectivity index (χ1n) is 4.85. The van der Waals surface area contributed by atoms with E-state index in [9.17, 15) is 0 Å². The molecule has 5 heteroatoms. The number of rotatable bonds is 5. The van der Waals surface area contributed by atoms with E-state index in [0.29, 0.717) is 24.5 Å². The zero-order chi connectivity index (χ0) is 11.1. The van der Waals surface area contributed by atoms with Gasteiger partial charge in [-0.1, -0.05) is 0 Å². The fourth-order valence-electron chi connectivity index (χ4n) is 1.18. The topological polar surface area (TPSA) is 73.0 Å². The van der Waals surface area contributed by atoms with Crippen molar-refractivity contribution in [3.8, 4) is 6.07 Å². The molecule has 0 amide bonds. The van der Waals surface area contributed by atoms with Crippen molar-refractivity contribution in [1.29, 1.82) is 5.26 Å². The van der Waals surface area contributed by atoms with Gasteiger partial charge in [0.15, 0.2) is 0 Å². The van der Waals surface area contributed by atoms with Crippen molar-refractivity contribution < 1.29 is 5.11 Å². The summed E-state index contributed by atoms with van der Waals surface area (Å²) in [6, 6.07) is 2.09. The van der Waals surface area contributed by atoms with Gasteiger partial charge < -0.3 is 10.0 Å². The lowest BCUT2D eigenvalue weighted by Gasteiger charge is -2.18. The first-order valence-corrected chi connectivity index (χ1v) is 4.85. The Morgan fingerprint density at radius 3 is 2.60 bits per heavy atom. The number of aliphatic hydroxyl groups is 1. The molecule has 0 aromatic carbocycles. The molecule has 1 aromatic heterocycles. The van der Waals surface area contributed by atoms with Gasteiger partial charge >= 0.3 is 0 Å². The van der Waals surface area contributed by atoms with Crippen molar-refractivity contribution in [3.05, 3.63) is 18.0 Å². The molecule has 0 atom stereocenters. The molecule has 0 aliphatic heterocycles. The molecule has 0 aliphatic carbocycles. The summed E-state index contributed by atoms with van der Waals surface area (Å²) in [6.07, 6.45) is 3.65. The minimum atomic E-state index is -0.0510. The van der Waals surface area contributed by atoms with Crippen LogP contribution in [0.4, 0.5) is 5.95 Å². The number of nitrogens with zero attached hydrogens (tertiary/aromatic N) is 4. The lowest BCUT2D eigenvalue weighted by atomic mass is 10.3. The Hall–Kier alpha value is -1.67. The predicted molar refractivity (Wildman–Crippen MR) is 56.1 cm³/mol. The van der Waals surface area contributed by atoms with Gasteiger partial charge in [-0.3, -0.25) is 0 Å². The van der Waals surface area contributed by atoms with Gasteiger partial charge in [0.05, 0.1) is 19.1 Å². The van der Waals surface area contributed by atoms with Gasteiger partial charge in [-0.25, -0.2) is 9.97 Å². The number of nitriles is 1. The molecule has 0 radical (unpaired) electrons. The van der Waals surface area contributed by atoms with Crippen molar-refractivity contribution >= 4 is 5.95 Å². The highest BCUT2D eigenvalue weighted by atomic mass is 16.3. The van der Waals surface area contributed by atoms with Crippen molar-refractivity contribution in [2.24, 2.45) is 0 Å². The molecule has 1 heterocycles. The summed E-state index contributed by atoms with van der Waals surface area (Å²) in [6.45, 7) is 3.33. The van der Waals surface area contributed by atoms with Crippen LogP contribution in [0.25, 0.3) is 0 Å². The van der Waals surface area contributed by atoms with Gasteiger partial charge in [0.25, 0.3) is 0 Å². The number of hydrogen-bond acceptors (Lipinski definition) is 5. The largest absolute Gasteiger partial charge is 0.392 e. The normalized spacial score (nSPS) is 9.67. The van der Waals surface area contributed by atoms with Gasteiger partial charge in [0.1, 0.15) is 0 Å². The van der Waals surface area contributed by atoms with E-state index in [1.807, 2.05) is 11.8 Å². The molecule has 1 aromatic rings. The Morgan fingerprint density at radius 2 is 2.13 bits per heavy atom. The average Bonchev–Trinajstić information content (AvgIpc) is 2.31. The molecule has 15 heavy (non-hydrogen) atoms. The second-order valence-corrected chi connectivity index (χ2v) is 3.04. The highest BCUT2D eigenvalue weighted by Crippen LogP contribution is 2.07. The quantitative estimate of drug-likeness (QED) is 0.768. The van der Waals surface area contributed by atoms with Crippen LogP contribution in [0, 0.1) is 11.3 Å². The molecule has 0 saturated heterocycles. The monoisotopic (exact) mass is 206 g/mol. The molecule has 0 saturated carbocycles. The Morgan fingerprint density at radius 1 is 1.47 bits per heavy atom. The van der Waals surface area contributed by atoms with Crippen LogP contribution in [0.5, 0.6) is 0 Å². The Kier molecular flexibility index (Phi) is 4.51. The van der Waals surface area contributed by atoms with E-state index in [2.05, 4.69) is 16.0 Å². The van der Waals surface area contributed by atoms with Crippen molar-refractivity contribution in [3.63, 3.8) is 0 Å². The van der Waals surface area contributed by atoms with Crippen LogP contribution >= 0.6 is 0 Å². The van der Waals surface area contributed by atoms with E-state index < -0.39 is 0 Å². The Balaban J connectivity index is 2.70. The molecule has 0 spiro atoms. The second kappa shape index (κ2) is 5.94. The third-order valence-corrected chi connectivity index (χ3v) is 2.03. The molecule has 1 rings (SSSR count). The van der Waals surface area contributed by atoms with Crippen LogP contribution in [0.3, 0.4) is 0 Å². The minimum absolute atomic E-state index is 0.0510. The molecular formula is C10H14N4O. The molecule has 0 aliphatic rings. The first-order chi connectivity index (χ1) is 7.31. The van der Waals surface area contributed by atoms with E-state index in [0.717, 1.165) is 6.54 Å². The number of aromatic nitrogens is 2. The van der Waals surface area contributed by atoms with Gasteiger partial charge in [0, 0.05) is 31.0 Å². The number of hydrogen-bond donors (Lipinski definition) is 1. The fraction of sp³-hybridized carbons (Fsp3) is 0.500. The summed E-state index contributed by atoms with van der Waals surface area (Å²) >= 11 is 0. The summed E-state index contributed by atoms with van der Waals surface area (Å²) in [5.41, 5.74) is 0.690. The molecule has 0 unspecified atom stereocenters. The van der Waals surface area contributed by atoms with Crippen molar-refractivity contribution in [2.45, 2.75) is 20.0 Å². The van der Waals surface area contributed by atoms with Gasteiger partial charge in [-0.05, 0) is 6.92 Å². The van der Waals surface area contributed by atoms with E-state index in [4.69, 9.17) is 10.4 Å². The molecule has 0 fully saturated rings. The standard InChI is InChI=1S/C10H14N4O/c1-2-14(5-3-4-11)10-12-6-9(8-15)7-13-10/h6-7,15H,2-3,5,8H2,1H3. The van der Waals surface area contributed by atoms with Crippen LogP contribution in [0.15, 0.2) is 12.4 Å². The van der Waals surface area contributed by atoms with Crippen LogP contribution in [0.1, 0.15) is 18.9 Å². The van der Waals surface area contributed by atoms with Gasteiger partial charge in [-0.15, -0.1) is 0 Å². The highest BCUT2D eigenvalue weighted by Gasteiger charge is 2.06. The number of aliphatic hydroxyl groups excluding tert-OH is 1. The van der Waals surface area contributed by atoms with Crippen molar-refractivity contribution in [1.82, 2.24) is 9.97 Å². The van der Waals surface area contributed by atoms with Gasteiger partial charge in [0.2, 0.25) is 5.95 Å². The smallest absolute Gasteiger partial charge is 0.225 e. The van der Waals surface area contributed by atoms with E-state index in [1.54, 1.807) is 12.4 Å². The van der Waals surface area contributed by atoms with Gasteiger partial charge in [-0.2, -0.15) is 5.26 Å².